The largest absolute Gasteiger partial charge is 0.462 e. The smallest absolute Gasteiger partial charge is 0.338 e. The first-order chi connectivity index (χ1) is 14.1. The minimum Gasteiger partial charge on any atom is -0.462 e. The van der Waals surface area contributed by atoms with Crippen LogP contribution in [-0.2, 0) is 16.0 Å². The van der Waals surface area contributed by atoms with E-state index in [1.54, 1.807) is 35.9 Å². The molecule has 9 heteroatoms. The maximum absolute atomic E-state index is 12.3. The molecule has 1 heterocycles. The minimum absolute atomic E-state index is 0.146. The molecule has 0 aliphatic carbocycles. The number of rotatable bonds is 8. The van der Waals surface area contributed by atoms with Gasteiger partial charge in [0.15, 0.2) is 0 Å². The van der Waals surface area contributed by atoms with Gasteiger partial charge in [-0.05, 0) is 65.7 Å². The Bertz CT molecular complexity index is 971. The molecule has 3 aromatic rings. The third-order valence-corrected chi connectivity index (χ3v) is 4.96. The fraction of sp³-hybridized carbons (Fsp3) is 0.250. The number of carbonyl (C=O) groups excluding carboxylic acids is 2. The van der Waals surface area contributed by atoms with Crippen molar-refractivity contribution in [2.75, 3.05) is 17.7 Å². The summed E-state index contributed by atoms with van der Waals surface area (Å²) in [6.07, 6.45) is 0.957. The van der Waals surface area contributed by atoms with Gasteiger partial charge in [0.05, 0.1) is 23.6 Å². The Morgan fingerprint density at radius 2 is 1.79 bits per heavy atom. The van der Waals surface area contributed by atoms with E-state index in [0.717, 1.165) is 12.1 Å². The summed E-state index contributed by atoms with van der Waals surface area (Å²) in [6, 6.07) is 14.5. The summed E-state index contributed by atoms with van der Waals surface area (Å²) in [5.74, 6) is -0.443. The van der Waals surface area contributed by atoms with Gasteiger partial charge < -0.3 is 10.1 Å². The van der Waals surface area contributed by atoms with E-state index in [4.69, 9.17) is 4.74 Å². The Balaban J connectivity index is 1.57. The van der Waals surface area contributed by atoms with Gasteiger partial charge in [-0.15, -0.1) is 5.10 Å². The molecule has 1 amide bonds. The number of esters is 1. The molecule has 0 aliphatic heterocycles. The molecule has 1 N–H and O–H groups in total. The summed E-state index contributed by atoms with van der Waals surface area (Å²) < 4.78 is 6.54. The molecule has 0 spiro atoms. The number of aromatic nitrogens is 4. The fourth-order valence-corrected chi connectivity index (χ4v) is 3.23. The van der Waals surface area contributed by atoms with E-state index < -0.39 is 0 Å². The van der Waals surface area contributed by atoms with Gasteiger partial charge in [-0.2, -0.15) is 4.68 Å². The Labute approximate surface area is 172 Å². The van der Waals surface area contributed by atoms with Crippen molar-refractivity contribution < 1.29 is 14.3 Å². The first kappa shape index (κ1) is 20.5. The molecule has 29 heavy (non-hydrogen) atoms. The van der Waals surface area contributed by atoms with Crippen LogP contribution in [0, 0.1) is 0 Å². The molecule has 1 aromatic heterocycles. The van der Waals surface area contributed by atoms with E-state index in [2.05, 4.69) is 27.8 Å². The highest BCUT2D eigenvalue weighted by Gasteiger charge is 2.12. The summed E-state index contributed by atoms with van der Waals surface area (Å²) >= 11 is 1.24. The predicted molar refractivity (Wildman–Crippen MR) is 110 cm³/mol. The van der Waals surface area contributed by atoms with Crippen LogP contribution in [0.4, 0.5) is 5.69 Å². The van der Waals surface area contributed by atoms with E-state index in [-0.39, 0.29) is 17.6 Å². The standard InChI is InChI=1S/C20H21N5O3S/c1-3-14-5-11-17(12-6-14)25-20(22-23-24-25)29-13-18(26)21-16-9-7-15(8-10-16)19(27)28-4-2/h5-12H,3-4,13H2,1-2H3,(H,21,26). The van der Waals surface area contributed by atoms with Crippen molar-refractivity contribution in [2.24, 2.45) is 0 Å². The average Bonchev–Trinajstić information content (AvgIpc) is 3.21. The number of tetrazole rings is 1. The first-order valence-corrected chi connectivity index (χ1v) is 10.2. The third kappa shape index (κ3) is 5.41. The van der Waals surface area contributed by atoms with Gasteiger partial charge in [0.25, 0.3) is 0 Å². The van der Waals surface area contributed by atoms with Crippen molar-refractivity contribution in [1.29, 1.82) is 0 Å². The van der Waals surface area contributed by atoms with Crippen LogP contribution in [0.3, 0.4) is 0 Å². The van der Waals surface area contributed by atoms with Gasteiger partial charge in [0.2, 0.25) is 11.1 Å². The van der Waals surface area contributed by atoms with Crippen LogP contribution in [0.15, 0.2) is 53.7 Å². The number of anilines is 1. The Hall–Kier alpha value is -3.20. The zero-order chi connectivity index (χ0) is 20.6. The average molecular weight is 411 g/mol. The number of hydrogen-bond donors (Lipinski definition) is 1. The lowest BCUT2D eigenvalue weighted by Gasteiger charge is -2.07. The highest BCUT2D eigenvalue weighted by atomic mass is 32.2. The van der Waals surface area contributed by atoms with Crippen LogP contribution in [0.2, 0.25) is 0 Å². The minimum atomic E-state index is -0.389. The molecule has 8 nitrogen and oxygen atoms in total. The summed E-state index contributed by atoms with van der Waals surface area (Å²) in [7, 11) is 0. The van der Waals surface area contributed by atoms with Crippen molar-refractivity contribution in [3.8, 4) is 5.69 Å². The van der Waals surface area contributed by atoms with Crippen LogP contribution in [0.1, 0.15) is 29.8 Å². The van der Waals surface area contributed by atoms with Gasteiger partial charge in [0, 0.05) is 5.69 Å². The molecular formula is C20H21N5O3S. The quantitative estimate of drug-likeness (QED) is 0.449. The van der Waals surface area contributed by atoms with Crippen molar-refractivity contribution in [3.05, 3.63) is 59.7 Å². The molecule has 0 atom stereocenters. The second-order valence-electron chi connectivity index (χ2n) is 6.03. The van der Waals surface area contributed by atoms with Crippen molar-refractivity contribution in [3.63, 3.8) is 0 Å². The molecule has 0 saturated heterocycles. The maximum atomic E-state index is 12.3. The molecule has 3 rings (SSSR count). The monoisotopic (exact) mass is 411 g/mol. The normalized spacial score (nSPS) is 10.6. The molecule has 150 valence electrons. The lowest BCUT2D eigenvalue weighted by atomic mass is 10.1. The maximum Gasteiger partial charge on any atom is 0.338 e. The van der Waals surface area contributed by atoms with Crippen molar-refractivity contribution >= 4 is 29.3 Å². The molecular weight excluding hydrogens is 390 g/mol. The zero-order valence-electron chi connectivity index (χ0n) is 16.2. The van der Waals surface area contributed by atoms with E-state index in [0.29, 0.717) is 23.0 Å². The first-order valence-electron chi connectivity index (χ1n) is 9.18. The number of nitrogens with one attached hydrogen (secondary N) is 1. The SMILES string of the molecule is CCOC(=O)c1ccc(NC(=O)CSc2nnnn2-c2ccc(CC)cc2)cc1. The van der Waals surface area contributed by atoms with Crippen LogP contribution in [-0.4, -0.2) is 44.4 Å². The van der Waals surface area contributed by atoms with E-state index >= 15 is 0 Å². The van der Waals surface area contributed by atoms with E-state index in [1.165, 1.54) is 17.3 Å². The van der Waals surface area contributed by atoms with Gasteiger partial charge in [-0.3, -0.25) is 4.79 Å². The molecule has 2 aromatic carbocycles. The number of nitrogens with zero attached hydrogens (tertiary/aromatic N) is 4. The van der Waals surface area contributed by atoms with Crippen LogP contribution in [0.5, 0.6) is 0 Å². The molecule has 0 aliphatic rings. The summed E-state index contributed by atoms with van der Waals surface area (Å²) in [5.41, 5.74) is 3.10. The Morgan fingerprint density at radius 3 is 2.45 bits per heavy atom. The highest BCUT2D eigenvalue weighted by Crippen LogP contribution is 2.19. The molecule has 0 unspecified atom stereocenters. The summed E-state index contributed by atoms with van der Waals surface area (Å²) in [4.78, 5) is 23.9. The lowest BCUT2D eigenvalue weighted by Crippen LogP contribution is -2.15. The molecule has 0 bridgehead atoms. The zero-order valence-corrected chi connectivity index (χ0v) is 17.0. The van der Waals surface area contributed by atoms with Gasteiger partial charge in [-0.1, -0.05) is 30.8 Å². The number of carbonyl (C=O) groups is 2. The van der Waals surface area contributed by atoms with Crippen LogP contribution in [0.25, 0.3) is 5.69 Å². The van der Waals surface area contributed by atoms with Gasteiger partial charge >= 0.3 is 5.97 Å². The van der Waals surface area contributed by atoms with Gasteiger partial charge in [0.1, 0.15) is 0 Å². The number of hydrogen-bond acceptors (Lipinski definition) is 7. The summed E-state index contributed by atoms with van der Waals surface area (Å²) in [5, 5.41) is 15.0. The molecule has 0 fully saturated rings. The third-order valence-electron chi connectivity index (χ3n) is 4.04. The molecule has 0 saturated carbocycles. The highest BCUT2D eigenvalue weighted by molar-refractivity contribution is 7.99. The fourth-order valence-electron chi connectivity index (χ4n) is 2.54. The number of benzene rings is 2. The molecule has 0 radical (unpaired) electrons. The Morgan fingerprint density at radius 1 is 1.07 bits per heavy atom. The van der Waals surface area contributed by atoms with E-state index in [1.807, 2.05) is 24.3 Å². The second-order valence-corrected chi connectivity index (χ2v) is 6.97. The predicted octanol–water partition coefficient (Wildman–Crippen LogP) is 3.13. The van der Waals surface area contributed by atoms with Gasteiger partial charge in [-0.25, -0.2) is 4.79 Å². The van der Waals surface area contributed by atoms with E-state index in [9.17, 15) is 9.59 Å². The number of ether oxygens (including phenoxy) is 1. The second kappa shape index (κ2) is 9.83. The summed E-state index contributed by atoms with van der Waals surface area (Å²) in [6.45, 7) is 4.16. The Kier molecular flexibility index (Phi) is 6.96. The topological polar surface area (TPSA) is 99.0 Å². The lowest BCUT2D eigenvalue weighted by molar-refractivity contribution is -0.113. The number of aryl methyl sites for hydroxylation is 1. The van der Waals surface area contributed by atoms with Crippen LogP contribution < -0.4 is 5.32 Å². The van der Waals surface area contributed by atoms with Crippen LogP contribution >= 0.6 is 11.8 Å². The number of thioether (sulfide) groups is 1. The van der Waals surface area contributed by atoms with Crippen molar-refractivity contribution in [2.45, 2.75) is 25.4 Å². The number of amides is 1. The van der Waals surface area contributed by atoms with Crippen molar-refractivity contribution in [1.82, 2.24) is 20.2 Å².